The van der Waals surface area contributed by atoms with Crippen molar-refractivity contribution in [3.63, 3.8) is 0 Å². The van der Waals surface area contributed by atoms with E-state index in [4.69, 9.17) is 0 Å². The third kappa shape index (κ3) is 3.77. The van der Waals surface area contributed by atoms with Gasteiger partial charge in [-0.2, -0.15) is 0 Å². The number of sulfone groups is 1. The molecule has 0 bridgehead atoms. The number of carbonyl (C=O) groups excluding carboxylic acids is 1. The van der Waals surface area contributed by atoms with Crippen LogP contribution in [0.25, 0.3) is 0 Å². The SMILES string of the molecule is Cc1ccccc1N1CCN(C(=O)NC2CCS(=O)(=O)C2)CC1. The van der Waals surface area contributed by atoms with E-state index < -0.39 is 9.84 Å². The fraction of sp³-hybridized carbons (Fsp3) is 0.562. The van der Waals surface area contributed by atoms with Crippen molar-refractivity contribution in [1.82, 2.24) is 10.2 Å². The number of nitrogens with one attached hydrogen (secondary N) is 1. The van der Waals surface area contributed by atoms with Gasteiger partial charge in [0, 0.05) is 37.9 Å². The van der Waals surface area contributed by atoms with Gasteiger partial charge in [-0.05, 0) is 25.0 Å². The zero-order valence-electron chi connectivity index (χ0n) is 13.4. The molecule has 0 aliphatic carbocycles. The van der Waals surface area contributed by atoms with Gasteiger partial charge >= 0.3 is 6.03 Å². The molecule has 2 saturated heterocycles. The van der Waals surface area contributed by atoms with Gasteiger partial charge in [0.25, 0.3) is 0 Å². The van der Waals surface area contributed by atoms with Crippen molar-refractivity contribution >= 4 is 21.6 Å². The van der Waals surface area contributed by atoms with Crippen molar-refractivity contribution in [3.05, 3.63) is 29.8 Å². The molecular weight excluding hydrogens is 314 g/mol. The summed E-state index contributed by atoms with van der Waals surface area (Å²) < 4.78 is 22.9. The summed E-state index contributed by atoms with van der Waals surface area (Å²) >= 11 is 0. The number of rotatable bonds is 2. The van der Waals surface area contributed by atoms with E-state index in [2.05, 4.69) is 29.3 Å². The number of urea groups is 1. The Morgan fingerprint density at radius 3 is 2.48 bits per heavy atom. The Kier molecular flexibility index (Phi) is 4.48. The van der Waals surface area contributed by atoms with Crippen LogP contribution in [0, 0.1) is 6.92 Å². The molecule has 6 nitrogen and oxygen atoms in total. The summed E-state index contributed by atoms with van der Waals surface area (Å²) in [5, 5.41) is 2.86. The van der Waals surface area contributed by atoms with Crippen LogP contribution < -0.4 is 10.2 Å². The van der Waals surface area contributed by atoms with Crippen LogP contribution in [-0.2, 0) is 9.84 Å². The van der Waals surface area contributed by atoms with Crippen LogP contribution in [0.5, 0.6) is 0 Å². The molecule has 1 N–H and O–H groups in total. The number of amides is 2. The summed E-state index contributed by atoms with van der Waals surface area (Å²) in [5.41, 5.74) is 2.45. The molecule has 126 valence electrons. The standard InChI is InChI=1S/C16H23N3O3S/c1-13-4-2-3-5-15(13)18-7-9-19(10-8-18)16(20)17-14-6-11-23(21,22)12-14/h2-5,14H,6-12H2,1H3,(H,17,20). The molecule has 2 aliphatic rings. The monoisotopic (exact) mass is 337 g/mol. The number of carbonyl (C=O) groups is 1. The second-order valence-corrected chi connectivity index (χ2v) is 8.54. The molecule has 1 aromatic rings. The number of piperazine rings is 1. The van der Waals surface area contributed by atoms with E-state index in [9.17, 15) is 13.2 Å². The summed E-state index contributed by atoms with van der Waals surface area (Å²) in [6, 6.07) is 7.88. The number of nitrogens with zero attached hydrogens (tertiary/aromatic N) is 2. The first-order valence-electron chi connectivity index (χ1n) is 8.01. The molecule has 2 heterocycles. The molecule has 7 heteroatoms. The van der Waals surface area contributed by atoms with Crippen molar-refractivity contribution < 1.29 is 13.2 Å². The van der Waals surface area contributed by atoms with E-state index in [1.807, 2.05) is 12.1 Å². The van der Waals surface area contributed by atoms with Gasteiger partial charge in [0.05, 0.1) is 11.5 Å². The van der Waals surface area contributed by atoms with Crippen LogP contribution in [0.4, 0.5) is 10.5 Å². The lowest BCUT2D eigenvalue weighted by molar-refractivity contribution is 0.191. The second kappa shape index (κ2) is 6.39. The molecule has 3 rings (SSSR count). The fourth-order valence-corrected chi connectivity index (χ4v) is 4.92. The number of benzene rings is 1. The molecule has 0 saturated carbocycles. The minimum absolute atomic E-state index is 0.0713. The third-order valence-electron chi connectivity index (χ3n) is 4.58. The molecule has 1 atom stereocenters. The van der Waals surface area contributed by atoms with Crippen molar-refractivity contribution in [3.8, 4) is 0 Å². The average molecular weight is 337 g/mol. The Hall–Kier alpha value is -1.76. The van der Waals surface area contributed by atoms with E-state index in [1.54, 1.807) is 4.90 Å². The van der Waals surface area contributed by atoms with Crippen LogP contribution >= 0.6 is 0 Å². The van der Waals surface area contributed by atoms with E-state index >= 15 is 0 Å². The average Bonchev–Trinajstić information content (AvgIpc) is 2.87. The van der Waals surface area contributed by atoms with Gasteiger partial charge in [0.1, 0.15) is 0 Å². The maximum absolute atomic E-state index is 12.3. The van der Waals surface area contributed by atoms with Gasteiger partial charge in [0.2, 0.25) is 0 Å². The van der Waals surface area contributed by atoms with Crippen molar-refractivity contribution in [2.24, 2.45) is 0 Å². The quantitative estimate of drug-likeness (QED) is 0.875. The Balaban J connectivity index is 1.53. The zero-order chi connectivity index (χ0) is 16.4. The Morgan fingerprint density at radius 1 is 1.17 bits per heavy atom. The van der Waals surface area contributed by atoms with Crippen molar-refractivity contribution in [1.29, 1.82) is 0 Å². The van der Waals surface area contributed by atoms with Crippen LogP contribution in [-0.4, -0.2) is 63.1 Å². The second-order valence-electron chi connectivity index (χ2n) is 6.31. The predicted molar refractivity (Wildman–Crippen MR) is 90.6 cm³/mol. The summed E-state index contributed by atoms with van der Waals surface area (Å²) in [5.74, 6) is 0.251. The molecule has 2 aliphatic heterocycles. The molecule has 2 amide bonds. The van der Waals surface area contributed by atoms with Crippen LogP contribution in [0.15, 0.2) is 24.3 Å². The largest absolute Gasteiger partial charge is 0.368 e. The zero-order valence-corrected chi connectivity index (χ0v) is 14.2. The molecule has 2 fully saturated rings. The molecular formula is C16H23N3O3S. The Morgan fingerprint density at radius 2 is 1.87 bits per heavy atom. The van der Waals surface area contributed by atoms with Crippen molar-refractivity contribution in [2.45, 2.75) is 19.4 Å². The maximum Gasteiger partial charge on any atom is 0.317 e. The van der Waals surface area contributed by atoms with Crippen LogP contribution in [0.2, 0.25) is 0 Å². The Bertz CT molecular complexity index is 682. The summed E-state index contributed by atoms with van der Waals surface area (Å²) in [7, 11) is -2.96. The van der Waals surface area contributed by atoms with Crippen LogP contribution in [0.1, 0.15) is 12.0 Å². The van der Waals surface area contributed by atoms with Gasteiger partial charge in [0.15, 0.2) is 9.84 Å². The van der Waals surface area contributed by atoms with Gasteiger partial charge in [-0.3, -0.25) is 0 Å². The highest BCUT2D eigenvalue weighted by Crippen LogP contribution is 2.21. The lowest BCUT2D eigenvalue weighted by Crippen LogP contribution is -2.53. The number of para-hydroxylation sites is 1. The van der Waals surface area contributed by atoms with Gasteiger partial charge in [-0.1, -0.05) is 18.2 Å². The third-order valence-corrected chi connectivity index (χ3v) is 6.35. The van der Waals surface area contributed by atoms with Crippen LogP contribution in [0.3, 0.4) is 0 Å². The first-order valence-corrected chi connectivity index (χ1v) is 9.83. The minimum atomic E-state index is -2.96. The summed E-state index contributed by atoms with van der Waals surface area (Å²) in [6.07, 6.45) is 0.525. The predicted octanol–water partition coefficient (Wildman–Crippen LogP) is 1.01. The molecule has 0 spiro atoms. The lowest BCUT2D eigenvalue weighted by atomic mass is 10.1. The van der Waals surface area contributed by atoms with Gasteiger partial charge in [-0.25, -0.2) is 13.2 Å². The molecule has 23 heavy (non-hydrogen) atoms. The summed E-state index contributed by atoms with van der Waals surface area (Å²) in [4.78, 5) is 16.3. The van der Waals surface area contributed by atoms with E-state index in [0.717, 1.165) is 13.1 Å². The number of hydrogen-bond donors (Lipinski definition) is 1. The highest BCUT2D eigenvalue weighted by atomic mass is 32.2. The molecule has 1 aromatic carbocycles. The number of hydrogen-bond acceptors (Lipinski definition) is 4. The van der Waals surface area contributed by atoms with Gasteiger partial charge in [-0.15, -0.1) is 0 Å². The smallest absolute Gasteiger partial charge is 0.317 e. The van der Waals surface area contributed by atoms with E-state index in [-0.39, 0.29) is 23.6 Å². The highest BCUT2D eigenvalue weighted by molar-refractivity contribution is 7.91. The molecule has 0 aromatic heterocycles. The first kappa shape index (κ1) is 16.1. The molecule has 0 radical (unpaired) electrons. The molecule has 1 unspecified atom stereocenters. The topological polar surface area (TPSA) is 69.7 Å². The first-order chi connectivity index (χ1) is 10.9. The van der Waals surface area contributed by atoms with Crippen molar-refractivity contribution in [2.75, 3.05) is 42.6 Å². The maximum atomic E-state index is 12.3. The van der Waals surface area contributed by atoms with Gasteiger partial charge < -0.3 is 15.1 Å². The number of anilines is 1. The lowest BCUT2D eigenvalue weighted by Gasteiger charge is -2.37. The van der Waals surface area contributed by atoms with E-state index in [0.29, 0.717) is 19.5 Å². The fourth-order valence-electron chi connectivity index (χ4n) is 3.24. The minimum Gasteiger partial charge on any atom is -0.368 e. The summed E-state index contributed by atoms with van der Waals surface area (Å²) in [6.45, 7) is 4.98. The Labute approximate surface area is 137 Å². The number of aryl methyl sites for hydroxylation is 1. The normalized spacial score (nSPS) is 23.8. The highest BCUT2D eigenvalue weighted by Gasteiger charge is 2.31. The van der Waals surface area contributed by atoms with E-state index in [1.165, 1.54) is 11.3 Å².